The van der Waals surface area contributed by atoms with Gasteiger partial charge in [0.25, 0.3) is 0 Å². The van der Waals surface area contributed by atoms with Crippen LogP contribution in [0.25, 0.3) is 0 Å². The van der Waals surface area contributed by atoms with Gasteiger partial charge in [-0.15, -0.1) is 0 Å². The monoisotopic (exact) mass is 332 g/mol. The normalized spacial score (nSPS) is 25.1. The van der Waals surface area contributed by atoms with Gasteiger partial charge in [0.05, 0.1) is 5.03 Å². The van der Waals surface area contributed by atoms with Crippen LogP contribution < -0.4 is 10.0 Å². The van der Waals surface area contributed by atoms with Crippen LogP contribution in [0.4, 0.5) is 0 Å². The van der Waals surface area contributed by atoms with E-state index in [9.17, 15) is 4.57 Å². The predicted molar refractivity (Wildman–Crippen MR) is 92.8 cm³/mol. The number of ether oxygens (including phenoxy) is 1. The minimum atomic E-state index is -2.52. The van der Waals surface area contributed by atoms with Crippen molar-refractivity contribution in [3.63, 3.8) is 0 Å². The van der Waals surface area contributed by atoms with E-state index in [1.807, 2.05) is 67.6 Å². The zero-order valence-electron chi connectivity index (χ0n) is 12.4. The first-order valence-corrected chi connectivity index (χ1v) is 9.74. The van der Waals surface area contributed by atoms with Gasteiger partial charge in [-0.1, -0.05) is 60.1 Å². The van der Waals surface area contributed by atoms with Crippen LogP contribution in [0.2, 0.25) is 0 Å². The van der Waals surface area contributed by atoms with Crippen molar-refractivity contribution in [1.82, 2.24) is 0 Å². The van der Waals surface area contributed by atoms with Crippen LogP contribution in [-0.4, -0.2) is 18.4 Å². The number of halogens is 1. The number of para-hydroxylation sites is 1. The quantitative estimate of drug-likeness (QED) is 0.765. The number of hydrogen-bond donors (Lipinski definition) is 0. The van der Waals surface area contributed by atoms with E-state index in [0.717, 1.165) is 16.6 Å². The lowest BCUT2D eigenvalue weighted by molar-refractivity contribution is 0.264. The van der Waals surface area contributed by atoms with Gasteiger partial charge in [-0.3, -0.25) is 0 Å². The Balaban J connectivity index is 1.91. The second kappa shape index (κ2) is 6.32. The van der Waals surface area contributed by atoms with Gasteiger partial charge in [0.1, 0.15) is 19.0 Å². The molecule has 2 aromatic carbocycles. The molecule has 0 saturated heterocycles. The fourth-order valence-corrected chi connectivity index (χ4v) is 6.15. The first-order valence-electron chi connectivity index (χ1n) is 7.29. The molecule has 2 unspecified atom stereocenters. The molecule has 0 spiro atoms. The molecule has 0 fully saturated rings. The molecule has 0 aliphatic carbocycles. The van der Waals surface area contributed by atoms with Crippen LogP contribution in [0, 0.1) is 0 Å². The van der Waals surface area contributed by atoms with Crippen LogP contribution in [0.1, 0.15) is 6.92 Å². The van der Waals surface area contributed by atoms with Crippen molar-refractivity contribution in [2.75, 3.05) is 12.3 Å². The molecule has 0 radical (unpaired) electrons. The summed E-state index contributed by atoms with van der Waals surface area (Å²) in [6.07, 6.45) is 0.635. The summed E-state index contributed by atoms with van der Waals surface area (Å²) in [7, 11) is -2.52. The van der Waals surface area contributed by atoms with Crippen LogP contribution in [-0.2, 0) is 4.57 Å². The van der Waals surface area contributed by atoms with Crippen LogP contribution in [0.5, 0.6) is 5.75 Å². The van der Waals surface area contributed by atoms with E-state index in [4.69, 9.17) is 16.3 Å². The smallest absolute Gasteiger partial charge is 0.141 e. The van der Waals surface area contributed by atoms with Gasteiger partial charge in [-0.05, 0) is 24.6 Å². The van der Waals surface area contributed by atoms with E-state index in [-0.39, 0.29) is 6.10 Å². The van der Waals surface area contributed by atoms with Gasteiger partial charge in [0, 0.05) is 17.6 Å². The molecule has 1 heterocycles. The lowest BCUT2D eigenvalue weighted by Crippen LogP contribution is -2.30. The van der Waals surface area contributed by atoms with Crippen LogP contribution >= 0.6 is 18.7 Å². The Morgan fingerprint density at radius 1 is 1.05 bits per heavy atom. The SMILES string of the molecule is CC1=C(Cl)C(Oc2ccccc2)CP(=O)(c2ccccc2)C1. The van der Waals surface area contributed by atoms with Crippen molar-refractivity contribution in [2.24, 2.45) is 0 Å². The Hall–Kier alpha value is -1.50. The van der Waals surface area contributed by atoms with Crippen molar-refractivity contribution < 1.29 is 9.30 Å². The molecule has 0 N–H and O–H groups in total. The summed E-state index contributed by atoms with van der Waals surface area (Å²) in [6, 6.07) is 19.2. The highest BCUT2D eigenvalue weighted by molar-refractivity contribution is 7.72. The third-order valence-electron chi connectivity index (χ3n) is 3.89. The lowest BCUT2D eigenvalue weighted by Gasteiger charge is -2.31. The number of allylic oxidation sites excluding steroid dienone is 1. The maximum Gasteiger partial charge on any atom is 0.141 e. The molecule has 0 bridgehead atoms. The van der Waals surface area contributed by atoms with E-state index in [0.29, 0.717) is 17.4 Å². The maximum absolute atomic E-state index is 13.4. The average Bonchev–Trinajstić information content (AvgIpc) is 2.54. The van der Waals surface area contributed by atoms with E-state index in [2.05, 4.69) is 0 Å². The van der Waals surface area contributed by atoms with Crippen molar-refractivity contribution in [1.29, 1.82) is 0 Å². The van der Waals surface area contributed by atoms with Gasteiger partial charge in [-0.25, -0.2) is 0 Å². The molecular formula is C18H18ClO2P. The summed E-state index contributed by atoms with van der Waals surface area (Å²) in [5.74, 6) is 0.750. The molecular weight excluding hydrogens is 315 g/mol. The molecule has 4 heteroatoms. The zero-order valence-corrected chi connectivity index (χ0v) is 14.1. The number of rotatable bonds is 3. The third kappa shape index (κ3) is 3.14. The maximum atomic E-state index is 13.4. The minimum Gasteiger partial charge on any atom is -0.484 e. The molecule has 114 valence electrons. The predicted octanol–water partition coefficient (Wildman–Crippen LogP) is 4.65. The molecule has 22 heavy (non-hydrogen) atoms. The standard InChI is InChI=1S/C18H18ClO2P/c1-14-12-22(20,16-10-6-3-7-11-16)13-17(18(14)19)21-15-8-4-2-5-9-15/h2-11,17H,12-13H2,1H3. The highest BCUT2D eigenvalue weighted by atomic mass is 35.5. The molecule has 0 amide bonds. The van der Waals surface area contributed by atoms with Crippen molar-refractivity contribution in [3.05, 3.63) is 71.3 Å². The van der Waals surface area contributed by atoms with Crippen LogP contribution in [0.3, 0.4) is 0 Å². The fourth-order valence-electron chi connectivity index (χ4n) is 2.79. The Morgan fingerprint density at radius 3 is 2.27 bits per heavy atom. The topological polar surface area (TPSA) is 26.3 Å². The van der Waals surface area contributed by atoms with Crippen molar-refractivity contribution in [2.45, 2.75) is 13.0 Å². The summed E-state index contributed by atoms with van der Waals surface area (Å²) in [5.41, 5.74) is 0.959. The third-order valence-corrected chi connectivity index (χ3v) is 7.60. The molecule has 2 nitrogen and oxygen atoms in total. The van der Waals surface area contributed by atoms with E-state index in [1.165, 1.54) is 0 Å². The van der Waals surface area contributed by atoms with Gasteiger partial charge in [0.15, 0.2) is 0 Å². The molecule has 1 aliphatic heterocycles. The van der Waals surface area contributed by atoms with Gasteiger partial charge >= 0.3 is 0 Å². The summed E-state index contributed by atoms with van der Waals surface area (Å²) in [5, 5.41) is 1.59. The molecule has 0 saturated carbocycles. The van der Waals surface area contributed by atoms with Crippen LogP contribution in [0.15, 0.2) is 71.3 Å². The molecule has 1 aliphatic rings. The summed E-state index contributed by atoms with van der Waals surface area (Å²) in [4.78, 5) is 0. The Bertz CT molecular complexity index is 725. The van der Waals surface area contributed by atoms with Crippen molar-refractivity contribution >= 4 is 24.0 Å². The van der Waals surface area contributed by atoms with Gasteiger partial charge in [0.2, 0.25) is 0 Å². The highest BCUT2D eigenvalue weighted by Gasteiger charge is 2.37. The second-order valence-corrected chi connectivity index (χ2v) is 9.00. The Labute approximate surface area is 136 Å². The summed E-state index contributed by atoms with van der Waals surface area (Å²) in [6.45, 7) is 1.94. The lowest BCUT2D eigenvalue weighted by atomic mass is 10.2. The number of hydrogen-bond acceptors (Lipinski definition) is 2. The van der Waals surface area contributed by atoms with E-state index >= 15 is 0 Å². The van der Waals surface area contributed by atoms with E-state index < -0.39 is 7.14 Å². The first kappa shape index (κ1) is 15.4. The molecule has 2 aromatic rings. The Morgan fingerprint density at radius 2 is 1.64 bits per heavy atom. The first-order chi connectivity index (χ1) is 10.6. The second-order valence-electron chi connectivity index (χ2n) is 5.61. The average molecular weight is 333 g/mol. The molecule has 0 aromatic heterocycles. The van der Waals surface area contributed by atoms with Gasteiger partial charge in [-0.2, -0.15) is 0 Å². The largest absolute Gasteiger partial charge is 0.484 e. The Kier molecular flexibility index (Phi) is 4.42. The summed E-state index contributed by atoms with van der Waals surface area (Å²) >= 11 is 6.43. The number of benzene rings is 2. The highest BCUT2D eigenvalue weighted by Crippen LogP contribution is 2.52. The summed E-state index contributed by atoms with van der Waals surface area (Å²) < 4.78 is 19.4. The molecule has 2 atom stereocenters. The van der Waals surface area contributed by atoms with Gasteiger partial charge < -0.3 is 9.30 Å². The fraction of sp³-hybridized carbons (Fsp3) is 0.222. The van der Waals surface area contributed by atoms with E-state index in [1.54, 1.807) is 0 Å². The zero-order chi connectivity index (χ0) is 15.6. The van der Waals surface area contributed by atoms with Crippen molar-refractivity contribution in [3.8, 4) is 5.75 Å². The minimum absolute atomic E-state index is 0.344. The molecule has 3 rings (SSSR count).